The number of hydrogen-bond acceptors (Lipinski definition) is 0. The normalized spacial score (nSPS) is 14.9. The van der Waals surface area contributed by atoms with Gasteiger partial charge in [-0.05, 0) is 31.1 Å². The smallest absolute Gasteiger partial charge is 0.0351 e. The predicted octanol–water partition coefficient (Wildman–Crippen LogP) is 7.15. The van der Waals surface area contributed by atoms with Gasteiger partial charge >= 0.3 is 0 Å². The van der Waals surface area contributed by atoms with Crippen molar-refractivity contribution in [1.82, 2.24) is 0 Å². The molecule has 0 aromatic heterocycles. The van der Waals surface area contributed by atoms with E-state index in [0.29, 0.717) is 0 Å². The van der Waals surface area contributed by atoms with Crippen LogP contribution in [0.4, 0.5) is 0 Å². The van der Waals surface area contributed by atoms with E-state index in [1.54, 1.807) is 0 Å². The van der Waals surface area contributed by atoms with Crippen LogP contribution < -0.4 is 0 Å². The molecule has 0 spiro atoms. The summed E-state index contributed by atoms with van der Waals surface area (Å²) < 4.78 is 0. The minimum Gasteiger partial charge on any atom is -0.0885 e. The zero-order chi connectivity index (χ0) is 14.3. The first-order chi connectivity index (χ1) is 9.28. The van der Waals surface area contributed by atoms with E-state index in [9.17, 15) is 0 Å². The van der Waals surface area contributed by atoms with E-state index in [1.165, 1.54) is 70.6 Å². The zero-order valence-corrected chi connectivity index (χ0v) is 14.1. The molecule has 2 atom stereocenters. The van der Waals surface area contributed by atoms with Gasteiger partial charge < -0.3 is 0 Å². The Morgan fingerprint density at radius 2 is 1.21 bits per heavy atom. The fraction of sp³-hybridized carbons (Fsp3) is 0.895. The molecular weight excluding hydrogens is 228 g/mol. The van der Waals surface area contributed by atoms with Crippen LogP contribution in [0.5, 0.6) is 0 Å². The maximum absolute atomic E-state index is 2.39. The summed E-state index contributed by atoms with van der Waals surface area (Å²) in [5, 5.41) is 0. The van der Waals surface area contributed by atoms with E-state index >= 15 is 0 Å². The maximum atomic E-state index is 2.39. The lowest BCUT2D eigenvalue weighted by Crippen LogP contribution is -2.05. The lowest BCUT2D eigenvalue weighted by Gasteiger charge is -2.19. The highest BCUT2D eigenvalue weighted by molar-refractivity contribution is 4.81. The van der Waals surface area contributed by atoms with Crippen molar-refractivity contribution in [3.63, 3.8) is 0 Å². The van der Waals surface area contributed by atoms with Gasteiger partial charge in [0.05, 0.1) is 0 Å². The molecule has 0 heterocycles. The van der Waals surface area contributed by atoms with Crippen molar-refractivity contribution in [3.05, 3.63) is 12.2 Å². The van der Waals surface area contributed by atoms with Crippen molar-refractivity contribution in [1.29, 1.82) is 0 Å². The van der Waals surface area contributed by atoms with Crippen LogP contribution in [0.3, 0.4) is 0 Å². The molecule has 0 aromatic rings. The largest absolute Gasteiger partial charge is 0.0885 e. The van der Waals surface area contributed by atoms with Crippen LogP contribution in [0.25, 0.3) is 0 Å². The molecule has 0 radical (unpaired) electrons. The molecule has 0 saturated carbocycles. The average molecular weight is 267 g/mol. The van der Waals surface area contributed by atoms with Crippen molar-refractivity contribution >= 4 is 0 Å². The lowest BCUT2D eigenvalue weighted by molar-refractivity contribution is 0.343. The Hall–Kier alpha value is -0.260. The zero-order valence-electron chi connectivity index (χ0n) is 14.1. The van der Waals surface area contributed by atoms with Gasteiger partial charge in [0.15, 0.2) is 0 Å². The van der Waals surface area contributed by atoms with E-state index in [4.69, 9.17) is 0 Å². The molecule has 0 amide bonds. The average Bonchev–Trinajstić information content (AvgIpc) is 2.44. The van der Waals surface area contributed by atoms with Gasteiger partial charge in [-0.15, -0.1) is 0 Å². The van der Waals surface area contributed by atoms with Gasteiger partial charge in [-0.3, -0.25) is 0 Å². The van der Waals surface area contributed by atoms with Gasteiger partial charge in [0.1, 0.15) is 0 Å². The van der Waals surface area contributed by atoms with E-state index < -0.39 is 0 Å². The van der Waals surface area contributed by atoms with Crippen molar-refractivity contribution in [2.75, 3.05) is 0 Å². The SMILES string of the molecule is CCCC=CCCCC(CC)CCC(CC)CCC. The van der Waals surface area contributed by atoms with Gasteiger partial charge in [-0.25, -0.2) is 0 Å². The Morgan fingerprint density at radius 3 is 1.74 bits per heavy atom. The summed E-state index contributed by atoms with van der Waals surface area (Å²) in [6.07, 6.45) is 19.9. The van der Waals surface area contributed by atoms with Crippen LogP contribution in [0.2, 0.25) is 0 Å². The molecule has 0 rings (SSSR count). The monoisotopic (exact) mass is 266 g/mol. The van der Waals surface area contributed by atoms with Crippen LogP contribution in [-0.2, 0) is 0 Å². The fourth-order valence-corrected chi connectivity index (χ4v) is 2.91. The van der Waals surface area contributed by atoms with Gasteiger partial charge in [0, 0.05) is 0 Å². The third-order valence-corrected chi connectivity index (χ3v) is 4.44. The van der Waals surface area contributed by atoms with Crippen molar-refractivity contribution in [2.45, 2.75) is 98.3 Å². The molecule has 0 aliphatic heterocycles. The molecule has 0 N–H and O–H groups in total. The first kappa shape index (κ1) is 18.7. The van der Waals surface area contributed by atoms with Crippen LogP contribution >= 0.6 is 0 Å². The molecule has 0 aliphatic carbocycles. The maximum Gasteiger partial charge on any atom is -0.0351 e. The highest BCUT2D eigenvalue weighted by Crippen LogP contribution is 2.25. The van der Waals surface area contributed by atoms with Gasteiger partial charge in [-0.1, -0.05) is 91.2 Å². The molecule has 19 heavy (non-hydrogen) atoms. The Labute approximate surface area is 123 Å². The fourth-order valence-electron chi connectivity index (χ4n) is 2.91. The third kappa shape index (κ3) is 11.3. The molecule has 2 unspecified atom stereocenters. The van der Waals surface area contributed by atoms with Crippen molar-refractivity contribution < 1.29 is 0 Å². The highest BCUT2D eigenvalue weighted by Gasteiger charge is 2.10. The van der Waals surface area contributed by atoms with E-state index in [-0.39, 0.29) is 0 Å². The summed E-state index contributed by atoms with van der Waals surface area (Å²) in [5.41, 5.74) is 0. The van der Waals surface area contributed by atoms with Crippen LogP contribution in [0.15, 0.2) is 12.2 Å². The standard InChI is InChI=1S/C19H38/c1-5-9-10-11-12-13-15-19(8-4)17-16-18(7-3)14-6-2/h10-11,18-19H,5-9,12-17H2,1-4H3. The molecule has 0 saturated heterocycles. The highest BCUT2D eigenvalue weighted by atomic mass is 14.2. The first-order valence-electron chi connectivity index (χ1n) is 8.93. The first-order valence-corrected chi connectivity index (χ1v) is 8.93. The second-order valence-corrected chi connectivity index (χ2v) is 6.11. The minimum absolute atomic E-state index is 0.977. The molecular formula is C19H38. The van der Waals surface area contributed by atoms with E-state index in [0.717, 1.165) is 11.8 Å². The van der Waals surface area contributed by atoms with Crippen molar-refractivity contribution in [3.8, 4) is 0 Å². The molecule has 114 valence electrons. The second kappa shape index (κ2) is 14.2. The molecule has 0 aromatic carbocycles. The van der Waals surface area contributed by atoms with Crippen molar-refractivity contribution in [2.24, 2.45) is 11.8 Å². The Morgan fingerprint density at radius 1 is 0.632 bits per heavy atom. The van der Waals surface area contributed by atoms with Crippen LogP contribution in [-0.4, -0.2) is 0 Å². The second-order valence-electron chi connectivity index (χ2n) is 6.11. The predicted molar refractivity (Wildman–Crippen MR) is 89.6 cm³/mol. The number of allylic oxidation sites excluding steroid dienone is 2. The summed E-state index contributed by atoms with van der Waals surface area (Å²) in [5.74, 6) is 1.97. The summed E-state index contributed by atoms with van der Waals surface area (Å²) in [7, 11) is 0. The van der Waals surface area contributed by atoms with Crippen LogP contribution in [0.1, 0.15) is 98.3 Å². The molecule has 0 fully saturated rings. The van der Waals surface area contributed by atoms with Gasteiger partial charge in [0.2, 0.25) is 0 Å². The number of hydrogen-bond donors (Lipinski definition) is 0. The van der Waals surface area contributed by atoms with Crippen LogP contribution in [0, 0.1) is 11.8 Å². The molecule has 0 bridgehead atoms. The third-order valence-electron chi connectivity index (χ3n) is 4.44. The Bertz CT molecular complexity index is 192. The summed E-state index contributed by atoms with van der Waals surface area (Å²) in [4.78, 5) is 0. The number of unbranched alkanes of at least 4 members (excludes halogenated alkanes) is 2. The quantitative estimate of drug-likeness (QED) is 0.245. The molecule has 0 heteroatoms. The van der Waals surface area contributed by atoms with Gasteiger partial charge in [0.25, 0.3) is 0 Å². The summed E-state index contributed by atoms with van der Waals surface area (Å²) >= 11 is 0. The Balaban J connectivity index is 3.69. The van der Waals surface area contributed by atoms with E-state index in [2.05, 4.69) is 39.8 Å². The lowest BCUT2D eigenvalue weighted by atomic mass is 9.87. The summed E-state index contributed by atoms with van der Waals surface area (Å²) in [6.45, 7) is 9.30. The molecule has 0 aliphatic rings. The summed E-state index contributed by atoms with van der Waals surface area (Å²) in [6, 6.07) is 0. The van der Waals surface area contributed by atoms with E-state index in [1.807, 2.05) is 0 Å². The van der Waals surface area contributed by atoms with Gasteiger partial charge in [-0.2, -0.15) is 0 Å². The topological polar surface area (TPSA) is 0 Å². The Kier molecular flexibility index (Phi) is 14.0. The minimum atomic E-state index is 0.977. The molecule has 0 nitrogen and oxygen atoms in total. The number of rotatable bonds is 13.